The van der Waals surface area contributed by atoms with Crippen molar-refractivity contribution in [2.24, 2.45) is 0 Å². The fourth-order valence-corrected chi connectivity index (χ4v) is 2.95. The van der Waals surface area contributed by atoms with Crippen LogP contribution in [0.3, 0.4) is 0 Å². The van der Waals surface area contributed by atoms with Gasteiger partial charge in [-0.05, 0) is 31.5 Å². The summed E-state index contributed by atoms with van der Waals surface area (Å²) in [7, 11) is 1.72. The summed E-state index contributed by atoms with van der Waals surface area (Å²) in [4.78, 5) is 0. The lowest BCUT2D eigenvalue weighted by atomic mass is 9.85. The van der Waals surface area contributed by atoms with Crippen molar-refractivity contribution in [1.82, 2.24) is 0 Å². The smallest absolute Gasteiger partial charge is 0.103 e. The molecule has 0 aromatic heterocycles. The molecule has 0 spiro atoms. The van der Waals surface area contributed by atoms with E-state index in [-0.39, 0.29) is 18.2 Å². The highest BCUT2D eigenvalue weighted by Gasteiger charge is 2.42. The summed E-state index contributed by atoms with van der Waals surface area (Å²) in [5, 5.41) is 4.11. The topological polar surface area (TPSA) is 30.5 Å². The zero-order valence-electron chi connectivity index (χ0n) is 10.5. The van der Waals surface area contributed by atoms with E-state index in [4.69, 9.17) is 21.1 Å². The molecule has 18 heavy (non-hydrogen) atoms. The van der Waals surface area contributed by atoms with Crippen LogP contribution in [0.25, 0.3) is 0 Å². The molecule has 2 rings (SSSR count). The fourth-order valence-electron chi connectivity index (χ4n) is 2.22. The molecule has 3 unspecified atom stereocenters. The van der Waals surface area contributed by atoms with Gasteiger partial charge >= 0.3 is 0 Å². The van der Waals surface area contributed by atoms with Crippen LogP contribution in [0.15, 0.2) is 22.7 Å². The SMILES string of the molecule is CCOC1CC(Nc2ccc(Br)cc2Cl)C1OC. The third-order valence-corrected chi connectivity index (χ3v) is 3.98. The van der Waals surface area contributed by atoms with Crippen molar-refractivity contribution < 1.29 is 9.47 Å². The van der Waals surface area contributed by atoms with Gasteiger partial charge in [0.05, 0.1) is 22.9 Å². The van der Waals surface area contributed by atoms with Crippen molar-refractivity contribution >= 4 is 33.2 Å². The third kappa shape index (κ3) is 2.99. The Balaban J connectivity index is 1.98. The summed E-state index contributed by atoms with van der Waals surface area (Å²) >= 11 is 9.57. The normalized spacial score (nSPS) is 26.8. The number of halogens is 2. The van der Waals surface area contributed by atoms with Gasteiger partial charge in [0.2, 0.25) is 0 Å². The lowest BCUT2D eigenvalue weighted by molar-refractivity contribution is -0.118. The molecule has 3 atom stereocenters. The van der Waals surface area contributed by atoms with E-state index >= 15 is 0 Å². The molecule has 100 valence electrons. The summed E-state index contributed by atoms with van der Waals surface area (Å²) in [6.45, 7) is 2.72. The molecule has 0 heterocycles. The first-order valence-electron chi connectivity index (χ1n) is 6.01. The standard InChI is InChI=1S/C13H17BrClNO2/c1-3-18-12-7-11(13(12)17-2)16-10-5-4-8(14)6-9(10)15/h4-6,11-13,16H,3,7H2,1-2H3. The van der Waals surface area contributed by atoms with Gasteiger partial charge in [0.25, 0.3) is 0 Å². The Morgan fingerprint density at radius 3 is 2.89 bits per heavy atom. The first-order chi connectivity index (χ1) is 8.65. The Hall–Kier alpha value is -0.290. The largest absolute Gasteiger partial charge is 0.378 e. The van der Waals surface area contributed by atoms with Crippen LogP contribution in [-0.4, -0.2) is 32.0 Å². The van der Waals surface area contributed by atoms with E-state index < -0.39 is 0 Å². The number of hydrogen-bond acceptors (Lipinski definition) is 3. The van der Waals surface area contributed by atoms with Gasteiger partial charge in [-0.25, -0.2) is 0 Å². The van der Waals surface area contributed by atoms with Gasteiger partial charge in [-0.3, -0.25) is 0 Å². The van der Waals surface area contributed by atoms with Crippen LogP contribution in [0.2, 0.25) is 5.02 Å². The maximum Gasteiger partial charge on any atom is 0.103 e. The predicted octanol–water partition coefficient (Wildman–Crippen LogP) is 3.71. The monoisotopic (exact) mass is 333 g/mol. The maximum atomic E-state index is 6.18. The Kier molecular flexibility index (Phi) is 4.90. The second kappa shape index (κ2) is 6.24. The molecule has 1 aliphatic rings. The summed E-state index contributed by atoms with van der Waals surface area (Å²) < 4.78 is 12.0. The molecule has 1 aromatic carbocycles. The van der Waals surface area contributed by atoms with E-state index in [1.807, 2.05) is 25.1 Å². The molecule has 5 heteroatoms. The predicted molar refractivity (Wildman–Crippen MR) is 77.4 cm³/mol. The molecule has 1 N–H and O–H groups in total. The van der Waals surface area contributed by atoms with Gasteiger partial charge in [-0.15, -0.1) is 0 Å². The Morgan fingerprint density at radius 2 is 2.28 bits per heavy atom. The highest BCUT2D eigenvalue weighted by atomic mass is 79.9. The average molecular weight is 335 g/mol. The second-order valence-electron chi connectivity index (χ2n) is 4.30. The highest BCUT2D eigenvalue weighted by molar-refractivity contribution is 9.10. The number of ether oxygens (including phenoxy) is 2. The number of rotatable bonds is 5. The minimum absolute atomic E-state index is 0.0877. The van der Waals surface area contributed by atoms with E-state index in [1.165, 1.54) is 0 Å². The second-order valence-corrected chi connectivity index (χ2v) is 5.63. The van der Waals surface area contributed by atoms with Gasteiger partial charge < -0.3 is 14.8 Å². The van der Waals surface area contributed by atoms with E-state index in [0.29, 0.717) is 5.02 Å². The minimum atomic E-state index is 0.0877. The van der Waals surface area contributed by atoms with Crippen LogP contribution >= 0.6 is 27.5 Å². The molecular formula is C13H17BrClNO2. The Morgan fingerprint density at radius 1 is 1.50 bits per heavy atom. The maximum absolute atomic E-state index is 6.18. The van der Waals surface area contributed by atoms with Crippen LogP contribution in [0.1, 0.15) is 13.3 Å². The van der Waals surface area contributed by atoms with Crippen molar-refractivity contribution in [2.75, 3.05) is 19.0 Å². The van der Waals surface area contributed by atoms with Crippen molar-refractivity contribution in [3.05, 3.63) is 27.7 Å². The lowest BCUT2D eigenvalue weighted by Gasteiger charge is -2.43. The summed E-state index contributed by atoms with van der Waals surface area (Å²) in [6, 6.07) is 6.07. The highest BCUT2D eigenvalue weighted by Crippen LogP contribution is 2.33. The summed E-state index contributed by atoms with van der Waals surface area (Å²) in [5.74, 6) is 0. The van der Waals surface area contributed by atoms with Crippen molar-refractivity contribution in [2.45, 2.75) is 31.6 Å². The van der Waals surface area contributed by atoms with Crippen molar-refractivity contribution in [3.63, 3.8) is 0 Å². The van der Waals surface area contributed by atoms with Gasteiger partial charge in [-0.1, -0.05) is 27.5 Å². The molecule has 0 amide bonds. The molecular weight excluding hydrogens is 318 g/mol. The van der Waals surface area contributed by atoms with Gasteiger partial charge in [-0.2, -0.15) is 0 Å². The molecule has 1 aliphatic carbocycles. The Labute approximate surface area is 121 Å². The van der Waals surface area contributed by atoms with E-state index in [2.05, 4.69) is 21.2 Å². The molecule has 0 saturated heterocycles. The van der Waals surface area contributed by atoms with Crippen LogP contribution in [0.4, 0.5) is 5.69 Å². The van der Waals surface area contributed by atoms with Gasteiger partial charge in [0, 0.05) is 18.2 Å². The first-order valence-corrected chi connectivity index (χ1v) is 7.18. The molecule has 0 radical (unpaired) electrons. The Bertz CT molecular complexity index is 416. The van der Waals surface area contributed by atoms with Crippen LogP contribution < -0.4 is 5.32 Å². The lowest BCUT2D eigenvalue weighted by Crippen LogP contribution is -2.56. The molecule has 1 saturated carbocycles. The number of benzene rings is 1. The molecule has 1 aromatic rings. The third-order valence-electron chi connectivity index (χ3n) is 3.17. The minimum Gasteiger partial charge on any atom is -0.378 e. The number of anilines is 1. The number of nitrogens with one attached hydrogen (secondary N) is 1. The number of methoxy groups -OCH3 is 1. The van der Waals surface area contributed by atoms with Crippen LogP contribution in [-0.2, 0) is 9.47 Å². The van der Waals surface area contributed by atoms with E-state index in [9.17, 15) is 0 Å². The first kappa shape index (κ1) is 14.1. The van der Waals surface area contributed by atoms with Crippen molar-refractivity contribution in [3.8, 4) is 0 Å². The average Bonchev–Trinajstić information content (AvgIpc) is 2.31. The quantitative estimate of drug-likeness (QED) is 0.890. The molecule has 3 nitrogen and oxygen atoms in total. The summed E-state index contributed by atoms with van der Waals surface area (Å²) in [6.07, 6.45) is 1.22. The van der Waals surface area contributed by atoms with Gasteiger partial charge in [0.1, 0.15) is 6.10 Å². The molecule has 1 fully saturated rings. The fraction of sp³-hybridized carbons (Fsp3) is 0.538. The zero-order chi connectivity index (χ0) is 13.1. The number of hydrogen-bond donors (Lipinski definition) is 1. The summed E-state index contributed by atoms with van der Waals surface area (Å²) in [5.41, 5.74) is 0.932. The van der Waals surface area contributed by atoms with Gasteiger partial charge in [0.15, 0.2) is 0 Å². The molecule has 0 bridgehead atoms. The van der Waals surface area contributed by atoms with Crippen LogP contribution in [0.5, 0.6) is 0 Å². The van der Waals surface area contributed by atoms with Crippen LogP contribution in [0, 0.1) is 0 Å². The zero-order valence-corrected chi connectivity index (χ0v) is 12.8. The van der Waals surface area contributed by atoms with E-state index in [1.54, 1.807) is 7.11 Å². The van der Waals surface area contributed by atoms with E-state index in [0.717, 1.165) is 23.2 Å². The molecule has 0 aliphatic heterocycles. The van der Waals surface area contributed by atoms with Crippen molar-refractivity contribution in [1.29, 1.82) is 0 Å².